The minimum atomic E-state index is 0.977. The average Bonchev–Trinajstić information content (AvgIpc) is 2.85. The van der Waals surface area contributed by atoms with Gasteiger partial charge in [-0.1, -0.05) is 0 Å². The number of hydrogen-bond acceptors (Lipinski definition) is 1. The molecule has 0 saturated carbocycles. The second-order valence-corrected chi connectivity index (χ2v) is 4.58. The van der Waals surface area contributed by atoms with Gasteiger partial charge in [0.15, 0.2) is 0 Å². The zero-order valence-electron chi connectivity index (χ0n) is 9.67. The summed E-state index contributed by atoms with van der Waals surface area (Å²) >= 11 is 1.33. The van der Waals surface area contributed by atoms with Crippen LogP contribution in [-0.2, 0) is 24.1 Å². The van der Waals surface area contributed by atoms with E-state index in [-0.39, 0.29) is 0 Å². The van der Waals surface area contributed by atoms with Gasteiger partial charge in [0.2, 0.25) is 0 Å². The van der Waals surface area contributed by atoms with Crippen LogP contribution in [0.25, 0.3) is 0 Å². The van der Waals surface area contributed by atoms with Crippen molar-refractivity contribution in [3.05, 3.63) is 78.1 Å². The van der Waals surface area contributed by atoms with Crippen LogP contribution >= 0.6 is 0 Å². The topological polar surface area (TPSA) is 9.23 Å². The average molecular weight is 394 g/mol. The summed E-state index contributed by atoms with van der Waals surface area (Å²) in [5.74, 6) is 0. The molecule has 0 radical (unpaired) electrons. The molecule has 2 heteroatoms. The van der Waals surface area contributed by atoms with Crippen molar-refractivity contribution in [1.82, 2.24) is 0 Å². The van der Waals surface area contributed by atoms with E-state index in [1.807, 2.05) is 66.8 Å². The second-order valence-electron chi connectivity index (χ2n) is 3.14. The summed E-state index contributed by atoms with van der Waals surface area (Å²) in [4.78, 5) is 0. The van der Waals surface area contributed by atoms with Crippen LogP contribution < -0.4 is 0 Å². The summed E-state index contributed by atoms with van der Waals surface area (Å²) in [7, 11) is 1.68. The van der Waals surface area contributed by atoms with Crippen molar-refractivity contribution in [1.29, 1.82) is 0 Å². The first kappa shape index (κ1) is 13.8. The molecule has 86 valence electrons. The second kappa shape index (κ2) is 8.84. The number of rotatable bonds is 6. The zero-order chi connectivity index (χ0) is 12.3. The van der Waals surface area contributed by atoms with Crippen LogP contribution in [0, 0.1) is 0 Å². The molecule has 0 unspecified atom stereocenters. The molecular formula is C15H14OW. The molecule has 1 aliphatic carbocycles. The number of methoxy groups -OCH3 is 1. The van der Waals surface area contributed by atoms with E-state index in [1.165, 1.54) is 19.4 Å². The third-order valence-corrected chi connectivity index (χ3v) is 2.97. The van der Waals surface area contributed by atoms with Gasteiger partial charge in [-0.25, -0.2) is 0 Å². The van der Waals surface area contributed by atoms with Crippen molar-refractivity contribution >= 4 is 4.08 Å². The van der Waals surface area contributed by atoms with Crippen molar-refractivity contribution in [2.75, 3.05) is 7.11 Å². The molecule has 0 aromatic rings. The molecule has 0 fully saturated rings. The normalized spacial score (nSPS) is 15.0. The first-order valence-electron chi connectivity index (χ1n) is 5.22. The molecule has 0 aliphatic heterocycles. The van der Waals surface area contributed by atoms with Crippen LogP contribution in [0.2, 0.25) is 0 Å². The molecule has 0 heterocycles. The standard InChI is InChI=1S/C15H14O.W/c1-16-14-10-6-4-2-3-5-7-11-15-12-8-9-13-15;/h2-12H,1H3;/b4-2+,5-3+,10-6+,11-7+;. The summed E-state index contributed by atoms with van der Waals surface area (Å²) in [5, 5.41) is 0. The van der Waals surface area contributed by atoms with Gasteiger partial charge in [0.25, 0.3) is 0 Å². The molecule has 0 amide bonds. The van der Waals surface area contributed by atoms with Crippen molar-refractivity contribution < 1.29 is 24.1 Å². The first-order chi connectivity index (χ1) is 8.33. The van der Waals surface area contributed by atoms with E-state index in [1.54, 1.807) is 7.11 Å². The first-order valence-corrected chi connectivity index (χ1v) is 6.69. The Balaban J connectivity index is 2.28. The van der Waals surface area contributed by atoms with Crippen LogP contribution in [0.3, 0.4) is 0 Å². The maximum absolute atomic E-state index is 5.04. The SMILES string of the molecule is CO[C](=[W])/C=C/C=C/C=C/C=C/C1=C=CC=C1. The van der Waals surface area contributed by atoms with E-state index in [9.17, 15) is 0 Å². The molecule has 1 rings (SSSR count). The van der Waals surface area contributed by atoms with E-state index in [0.717, 1.165) is 9.66 Å². The van der Waals surface area contributed by atoms with E-state index in [2.05, 4.69) is 5.73 Å². The Bertz CT molecular complexity index is 467. The molecular weight excluding hydrogens is 380 g/mol. The zero-order valence-corrected chi connectivity index (χ0v) is 12.6. The Morgan fingerprint density at radius 1 is 1.18 bits per heavy atom. The van der Waals surface area contributed by atoms with Gasteiger partial charge in [-0.2, -0.15) is 0 Å². The van der Waals surface area contributed by atoms with Crippen LogP contribution in [0.4, 0.5) is 0 Å². The molecule has 17 heavy (non-hydrogen) atoms. The van der Waals surface area contributed by atoms with Gasteiger partial charge in [0.05, 0.1) is 0 Å². The molecule has 0 bridgehead atoms. The third kappa shape index (κ3) is 6.81. The Morgan fingerprint density at radius 2 is 1.88 bits per heavy atom. The van der Waals surface area contributed by atoms with Gasteiger partial charge in [0.1, 0.15) is 0 Å². The Labute approximate surface area is 113 Å². The van der Waals surface area contributed by atoms with Gasteiger partial charge in [-0.15, -0.1) is 0 Å². The van der Waals surface area contributed by atoms with Crippen molar-refractivity contribution in [2.45, 2.75) is 0 Å². The molecule has 1 aliphatic rings. The molecule has 0 spiro atoms. The molecule has 1 nitrogen and oxygen atoms in total. The number of ether oxygens (including phenoxy) is 1. The Hall–Kier alpha value is -1.26. The van der Waals surface area contributed by atoms with Gasteiger partial charge >= 0.3 is 113 Å². The molecule has 0 N–H and O–H groups in total. The van der Waals surface area contributed by atoms with Crippen molar-refractivity contribution in [3.8, 4) is 0 Å². The Morgan fingerprint density at radius 3 is 2.53 bits per heavy atom. The van der Waals surface area contributed by atoms with Crippen LogP contribution in [-0.4, -0.2) is 11.2 Å². The van der Waals surface area contributed by atoms with E-state index >= 15 is 0 Å². The summed E-state index contributed by atoms with van der Waals surface area (Å²) in [6, 6.07) is 0. The van der Waals surface area contributed by atoms with Gasteiger partial charge in [-0.3, -0.25) is 0 Å². The summed E-state index contributed by atoms with van der Waals surface area (Å²) < 4.78 is 6.01. The monoisotopic (exact) mass is 394 g/mol. The predicted molar refractivity (Wildman–Crippen MR) is 69.3 cm³/mol. The minimum absolute atomic E-state index is 0.977. The van der Waals surface area contributed by atoms with Crippen LogP contribution in [0.1, 0.15) is 0 Å². The van der Waals surface area contributed by atoms with Gasteiger partial charge in [0, 0.05) is 0 Å². The summed E-state index contributed by atoms with van der Waals surface area (Å²) in [5.41, 5.74) is 4.21. The summed E-state index contributed by atoms with van der Waals surface area (Å²) in [6.07, 6.45) is 21.8. The summed E-state index contributed by atoms with van der Waals surface area (Å²) in [6.45, 7) is 0. The quantitative estimate of drug-likeness (QED) is 0.497. The predicted octanol–water partition coefficient (Wildman–Crippen LogP) is 3.19. The van der Waals surface area contributed by atoms with E-state index in [4.69, 9.17) is 4.74 Å². The maximum atomic E-state index is 5.04. The third-order valence-electron chi connectivity index (χ3n) is 1.89. The van der Waals surface area contributed by atoms with Crippen molar-refractivity contribution in [3.63, 3.8) is 0 Å². The molecule has 0 aromatic heterocycles. The molecule has 0 atom stereocenters. The van der Waals surface area contributed by atoms with E-state index < -0.39 is 0 Å². The molecule has 0 aromatic carbocycles. The number of hydrogen-bond donors (Lipinski definition) is 0. The molecule has 0 saturated heterocycles. The van der Waals surface area contributed by atoms with Gasteiger partial charge in [-0.05, 0) is 0 Å². The fourth-order valence-electron chi connectivity index (χ4n) is 1.07. The fourth-order valence-corrected chi connectivity index (χ4v) is 1.35. The Kier molecular flexibility index (Phi) is 7.18. The van der Waals surface area contributed by atoms with Gasteiger partial charge < -0.3 is 0 Å². The fraction of sp³-hybridized carbons (Fsp3) is 0.0667. The van der Waals surface area contributed by atoms with Crippen molar-refractivity contribution in [2.24, 2.45) is 0 Å². The number of allylic oxidation sites excluding steroid dienone is 10. The van der Waals surface area contributed by atoms with Crippen LogP contribution in [0.5, 0.6) is 0 Å². The van der Waals surface area contributed by atoms with E-state index in [0.29, 0.717) is 0 Å². The van der Waals surface area contributed by atoms with Crippen LogP contribution in [0.15, 0.2) is 78.1 Å².